The van der Waals surface area contributed by atoms with Crippen LogP contribution in [0.3, 0.4) is 0 Å². The van der Waals surface area contributed by atoms with E-state index in [4.69, 9.17) is 14.6 Å². The lowest BCUT2D eigenvalue weighted by Gasteiger charge is -2.11. The predicted octanol–water partition coefficient (Wildman–Crippen LogP) is 2.96. The first-order valence-electron chi connectivity index (χ1n) is 8.08. The molecule has 4 heterocycles. The number of nitrogens with zero attached hydrogens (tertiary/aromatic N) is 5. The topological polar surface area (TPSA) is 102 Å². The van der Waals surface area contributed by atoms with Gasteiger partial charge in [0.1, 0.15) is 11.2 Å². The van der Waals surface area contributed by atoms with Crippen LogP contribution in [0.4, 0.5) is 11.5 Å². The summed E-state index contributed by atoms with van der Waals surface area (Å²) in [6.07, 6.45) is 5.73. The minimum Gasteiger partial charge on any atom is -0.338 e. The van der Waals surface area contributed by atoms with Gasteiger partial charge in [-0.25, -0.2) is 14.5 Å². The maximum absolute atomic E-state index is 8.12. The van der Waals surface area contributed by atoms with Gasteiger partial charge in [-0.05, 0) is 49.7 Å². The number of hydrogen-bond acceptors (Lipinski definition) is 7. The van der Waals surface area contributed by atoms with Crippen LogP contribution in [0.15, 0.2) is 55.0 Å². The molecule has 0 saturated heterocycles. The molecule has 0 atom stereocenters. The van der Waals surface area contributed by atoms with Gasteiger partial charge in [-0.15, -0.1) is 5.10 Å². The van der Waals surface area contributed by atoms with E-state index in [1.165, 1.54) is 0 Å². The van der Waals surface area contributed by atoms with Crippen molar-refractivity contribution in [2.45, 2.75) is 13.8 Å². The summed E-state index contributed by atoms with van der Waals surface area (Å²) in [5, 5.41) is 7.95. The number of hydrogen-bond donors (Lipinski definition) is 1. The van der Waals surface area contributed by atoms with Crippen molar-refractivity contribution >= 4 is 23.2 Å². The van der Waals surface area contributed by atoms with Gasteiger partial charge >= 0.3 is 6.15 Å². The maximum atomic E-state index is 8.12. The number of pyridine rings is 2. The number of nitrogens with one attached hydrogen (secondary N) is 1. The Hall–Kier alpha value is -3.90. The van der Waals surface area contributed by atoms with Crippen molar-refractivity contribution in [1.82, 2.24) is 24.6 Å². The molecule has 134 valence electrons. The van der Waals surface area contributed by atoms with Gasteiger partial charge in [-0.1, -0.05) is 6.07 Å². The normalized spacial score (nSPS) is 10.0. The van der Waals surface area contributed by atoms with Gasteiger partial charge in [0.15, 0.2) is 5.82 Å². The zero-order valence-electron chi connectivity index (χ0n) is 14.7. The standard InChI is InChI=1S/C18H16N6.CO2/c1-12-11-19-9-8-14(12)21-18-16-7-4-10-24(16)23-17(22-18)15-6-3-5-13(2)20-15;2-1-3/h3-11H,1-2H3,(H,19,21,22,23);. The van der Waals surface area contributed by atoms with E-state index in [0.717, 1.165) is 34.0 Å². The third-order valence-electron chi connectivity index (χ3n) is 3.78. The Balaban J connectivity index is 0.000000659. The summed E-state index contributed by atoms with van der Waals surface area (Å²) in [7, 11) is 0. The first-order chi connectivity index (χ1) is 13.1. The van der Waals surface area contributed by atoms with Crippen LogP contribution < -0.4 is 5.32 Å². The quantitative estimate of drug-likeness (QED) is 0.599. The fourth-order valence-corrected chi connectivity index (χ4v) is 2.54. The van der Waals surface area contributed by atoms with Gasteiger partial charge in [0.2, 0.25) is 5.82 Å². The second-order valence-corrected chi connectivity index (χ2v) is 5.69. The molecule has 0 aromatic carbocycles. The molecule has 1 N–H and O–H groups in total. The Morgan fingerprint density at radius 1 is 1.04 bits per heavy atom. The number of fused-ring (bicyclic) bond motifs is 1. The van der Waals surface area contributed by atoms with E-state index in [9.17, 15) is 0 Å². The van der Waals surface area contributed by atoms with Crippen LogP contribution >= 0.6 is 0 Å². The summed E-state index contributed by atoms with van der Waals surface area (Å²) in [6, 6.07) is 11.7. The Bertz CT molecular complexity index is 1120. The Kier molecular flexibility index (Phi) is 5.30. The Morgan fingerprint density at radius 3 is 2.59 bits per heavy atom. The van der Waals surface area contributed by atoms with Crippen molar-refractivity contribution < 1.29 is 9.59 Å². The van der Waals surface area contributed by atoms with E-state index in [1.54, 1.807) is 6.20 Å². The van der Waals surface area contributed by atoms with Gasteiger partial charge in [-0.2, -0.15) is 9.59 Å². The minimum atomic E-state index is 0.250. The zero-order chi connectivity index (χ0) is 19.2. The van der Waals surface area contributed by atoms with Gasteiger partial charge in [0, 0.05) is 30.0 Å². The lowest BCUT2D eigenvalue weighted by atomic mass is 10.2. The molecule has 0 fully saturated rings. The smallest absolute Gasteiger partial charge is 0.338 e. The second-order valence-electron chi connectivity index (χ2n) is 5.69. The van der Waals surface area contributed by atoms with Crippen molar-refractivity contribution in [1.29, 1.82) is 0 Å². The molecule has 0 bridgehead atoms. The first kappa shape index (κ1) is 17.9. The number of aromatic nitrogens is 5. The van der Waals surface area contributed by atoms with Crippen molar-refractivity contribution in [2.75, 3.05) is 5.32 Å². The highest BCUT2D eigenvalue weighted by Gasteiger charge is 2.11. The first-order valence-corrected chi connectivity index (χ1v) is 8.08. The van der Waals surface area contributed by atoms with Crippen molar-refractivity contribution in [2.24, 2.45) is 0 Å². The highest BCUT2D eigenvalue weighted by molar-refractivity contribution is 5.75. The summed E-state index contributed by atoms with van der Waals surface area (Å²) in [5.74, 6) is 1.32. The molecule has 8 heteroatoms. The van der Waals surface area contributed by atoms with Crippen LogP contribution in [0.5, 0.6) is 0 Å². The van der Waals surface area contributed by atoms with Crippen molar-refractivity contribution in [3.8, 4) is 11.5 Å². The summed E-state index contributed by atoms with van der Waals surface area (Å²) in [6.45, 7) is 3.96. The lowest BCUT2D eigenvalue weighted by Crippen LogP contribution is -2.05. The highest BCUT2D eigenvalue weighted by atomic mass is 16.2. The molecular weight excluding hydrogens is 344 g/mol. The molecular formula is C19H16N6O2. The van der Waals surface area contributed by atoms with E-state index >= 15 is 0 Å². The van der Waals surface area contributed by atoms with Crippen LogP contribution in [0.2, 0.25) is 0 Å². The van der Waals surface area contributed by atoms with Gasteiger partial charge in [0.25, 0.3) is 0 Å². The van der Waals surface area contributed by atoms with Crippen molar-refractivity contribution in [3.63, 3.8) is 0 Å². The van der Waals surface area contributed by atoms with E-state index in [1.807, 2.05) is 67.2 Å². The zero-order valence-corrected chi connectivity index (χ0v) is 14.7. The molecule has 0 aliphatic carbocycles. The van der Waals surface area contributed by atoms with Crippen LogP contribution in [-0.2, 0) is 9.59 Å². The fraction of sp³-hybridized carbons (Fsp3) is 0.105. The molecule has 0 amide bonds. The van der Waals surface area contributed by atoms with E-state index in [0.29, 0.717) is 5.82 Å². The van der Waals surface area contributed by atoms with Crippen LogP contribution in [0, 0.1) is 13.8 Å². The summed E-state index contributed by atoms with van der Waals surface area (Å²) >= 11 is 0. The molecule has 0 saturated carbocycles. The number of carbonyl (C=O) groups excluding carboxylic acids is 2. The molecule has 27 heavy (non-hydrogen) atoms. The van der Waals surface area contributed by atoms with E-state index in [2.05, 4.69) is 20.4 Å². The molecule has 4 rings (SSSR count). The molecule has 0 aliphatic heterocycles. The second kappa shape index (κ2) is 7.99. The van der Waals surface area contributed by atoms with E-state index in [-0.39, 0.29) is 6.15 Å². The highest BCUT2D eigenvalue weighted by Crippen LogP contribution is 2.24. The Labute approximate surface area is 154 Å². The average molecular weight is 360 g/mol. The monoisotopic (exact) mass is 360 g/mol. The van der Waals surface area contributed by atoms with Crippen molar-refractivity contribution in [3.05, 3.63) is 66.2 Å². The third-order valence-corrected chi connectivity index (χ3v) is 3.78. The third kappa shape index (κ3) is 4.02. The van der Waals surface area contributed by atoms with Gasteiger partial charge < -0.3 is 5.32 Å². The SMILES string of the molecule is Cc1cccc(-c2nc(Nc3ccncc3C)c3cccn3n2)n1.O=C=O. The summed E-state index contributed by atoms with van der Waals surface area (Å²) in [5.41, 5.74) is 4.61. The summed E-state index contributed by atoms with van der Waals surface area (Å²) < 4.78 is 1.81. The summed E-state index contributed by atoms with van der Waals surface area (Å²) in [4.78, 5) is 29.6. The largest absolute Gasteiger partial charge is 0.373 e. The molecule has 8 nitrogen and oxygen atoms in total. The average Bonchev–Trinajstić information content (AvgIpc) is 3.13. The number of anilines is 2. The lowest BCUT2D eigenvalue weighted by molar-refractivity contribution is -0.191. The predicted molar refractivity (Wildman–Crippen MR) is 98.2 cm³/mol. The molecule has 0 aliphatic rings. The molecule has 0 unspecified atom stereocenters. The molecule has 4 aromatic heterocycles. The fourth-order valence-electron chi connectivity index (χ4n) is 2.54. The minimum absolute atomic E-state index is 0.250. The van der Waals surface area contributed by atoms with E-state index < -0.39 is 0 Å². The van der Waals surface area contributed by atoms with Crippen LogP contribution in [0.25, 0.3) is 17.0 Å². The molecule has 0 spiro atoms. The molecule has 0 radical (unpaired) electrons. The maximum Gasteiger partial charge on any atom is 0.373 e. The number of aryl methyl sites for hydroxylation is 2. The van der Waals surface area contributed by atoms with Crippen LogP contribution in [0.1, 0.15) is 11.3 Å². The molecule has 4 aromatic rings. The van der Waals surface area contributed by atoms with Crippen LogP contribution in [-0.4, -0.2) is 30.7 Å². The number of rotatable bonds is 3. The van der Waals surface area contributed by atoms with Gasteiger partial charge in [-0.3, -0.25) is 4.98 Å². The van der Waals surface area contributed by atoms with Gasteiger partial charge in [0.05, 0.1) is 0 Å². The Morgan fingerprint density at radius 2 is 1.85 bits per heavy atom.